The molecule has 2 aromatic rings. The van der Waals surface area contributed by atoms with Crippen molar-refractivity contribution in [1.82, 2.24) is 15.1 Å². The van der Waals surface area contributed by atoms with Gasteiger partial charge in [-0.2, -0.15) is 5.10 Å². The van der Waals surface area contributed by atoms with E-state index in [0.717, 1.165) is 30.0 Å². The number of nitrogens with one attached hydrogen (secondary N) is 1. The van der Waals surface area contributed by atoms with Crippen LogP contribution < -0.4 is 5.32 Å². The largest absolute Gasteiger partial charge is 0.310 e. The molecule has 2 aliphatic rings. The summed E-state index contributed by atoms with van der Waals surface area (Å²) in [4.78, 5) is 0. The third kappa shape index (κ3) is 2.70. The molecule has 3 heteroatoms. The van der Waals surface area contributed by atoms with Crippen LogP contribution >= 0.6 is 0 Å². The van der Waals surface area contributed by atoms with Crippen LogP contribution in [0.4, 0.5) is 0 Å². The highest BCUT2D eigenvalue weighted by Crippen LogP contribution is 2.49. The smallest absolute Gasteiger partial charge is 0.0645 e. The van der Waals surface area contributed by atoms with Crippen LogP contribution in [-0.2, 0) is 6.54 Å². The monoisotopic (exact) mass is 295 g/mol. The van der Waals surface area contributed by atoms with E-state index in [0.29, 0.717) is 6.04 Å². The Morgan fingerprint density at radius 3 is 2.82 bits per heavy atom. The van der Waals surface area contributed by atoms with Crippen molar-refractivity contribution in [2.45, 2.75) is 45.2 Å². The lowest BCUT2D eigenvalue weighted by atomic mass is 9.84. The molecule has 2 bridgehead atoms. The molecule has 3 nitrogen and oxygen atoms in total. The minimum absolute atomic E-state index is 0.621. The molecule has 2 saturated carbocycles. The molecular weight excluding hydrogens is 270 g/mol. The average Bonchev–Trinajstić information content (AvgIpc) is 3.29. The zero-order chi connectivity index (χ0) is 14.9. The minimum Gasteiger partial charge on any atom is -0.310 e. The molecule has 0 aliphatic heterocycles. The molecule has 116 valence electrons. The van der Waals surface area contributed by atoms with Crippen molar-refractivity contribution in [3.05, 3.63) is 48.3 Å². The summed E-state index contributed by atoms with van der Waals surface area (Å²) < 4.78 is 1.96. The fourth-order valence-electron chi connectivity index (χ4n) is 4.51. The first-order valence-corrected chi connectivity index (χ1v) is 8.62. The summed E-state index contributed by atoms with van der Waals surface area (Å²) in [6.07, 6.45) is 10.00. The van der Waals surface area contributed by atoms with Gasteiger partial charge in [0, 0.05) is 24.3 Å². The molecule has 1 aromatic carbocycles. The first kappa shape index (κ1) is 14.0. The van der Waals surface area contributed by atoms with E-state index in [9.17, 15) is 0 Å². The summed E-state index contributed by atoms with van der Waals surface area (Å²) in [5, 5.41) is 8.21. The third-order valence-electron chi connectivity index (χ3n) is 5.72. The Labute approximate surface area is 132 Å². The van der Waals surface area contributed by atoms with E-state index in [1.807, 2.05) is 29.1 Å². The second kappa shape index (κ2) is 5.88. The summed E-state index contributed by atoms with van der Waals surface area (Å²) in [5.74, 6) is 2.91. The van der Waals surface area contributed by atoms with E-state index in [4.69, 9.17) is 0 Å². The summed E-state index contributed by atoms with van der Waals surface area (Å²) >= 11 is 0. The molecule has 0 amide bonds. The molecule has 1 heterocycles. The van der Waals surface area contributed by atoms with Gasteiger partial charge in [0.1, 0.15) is 0 Å². The summed E-state index contributed by atoms with van der Waals surface area (Å²) in [5.41, 5.74) is 2.38. The number of nitrogens with zero attached hydrogens (tertiary/aromatic N) is 2. The number of hydrogen-bond donors (Lipinski definition) is 1. The highest BCUT2D eigenvalue weighted by molar-refractivity contribution is 5.30. The quantitative estimate of drug-likeness (QED) is 0.909. The topological polar surface area (TPSA) is 29.9 Å². The molecule has 1 N–H and O–H groups in total. The number of rotatable bonds is 5. The van der Waals surface area contributed by atoms with Gasteiger partial charge in [0.05, 0.1) is 11.9 Å². The first-order chi connectivity index (χ1) is 10.8. The standard InChI is InChI=1S/C19H25N3/c1-14(19-10-15-7-8-17(19)9-15)20-11-16-12-21-22(13-16)18-5-3-2-4-6-18/h2-6,12-15,17,19-20H,7-11H2,1H3. The summed E-state index contributed by atoms with van der Waals surface area (Å²) in [6.45, 7) is 3.29. The van der Waals surface area contributed by atoms with Crippen molar-refractivity contribution in [1.29, 1.82) is 0 Å². The van der Waals surface area contributed by atoms with Crippen molar-refractivity contribution >= 4 is 0 Å². The second-order valence-electron chi connectivity index (χ2n) is 7.14. The molecule has 4 rings (SSSR count). The molecule has 4 atom stereocenters. The van der Waals surface area contributed by atoms with Crippen molar-refractivity contribution in [2.24, 2.45) is 17.8 Å². The summed E-state index contributed by atoms with van der Waals surface area (Å²) in [6, 6.07) is 10.9. The van der Waals surface area contributed by atoms with Gasteiger partial charge in [-0.1, -0.05) is 24.6 Å². The number of para-hydroxylation sites is 1. The van der Waals surface area contributed by atoms with E-state index in [2.05, 4.69) is 35.7 Å². The molecule has 4 unspecified atom stereocenters. The van der Waals surface area contributed by atoms with Gasteiger partial charge in [-0.3, -0.25) is 0 Å². The van der Waals surface area contributed by atoms with E-state index >= 15 is 0 Å². The lowest BCUT2D eigenvalue weighted by Crippen LogP contribution is -2.35. The minimum atomic E-state index is 0.621. The Morgan fingerprint density at radius 2 is 2.09 bits per heavy atom. The van der Waals surface area contributed by atoms with Gasteiger partial charge in [0.15, 0.2) is 0 Å². The zero-order valence-corrected chi connectivity index (χ0v) is 13.3. The Kier molecular flexibility index (Phi) is 3.75. The molecule has 0 saturated heterocycles. The predicted octanol–water partition coefficient (Wildman–Crippen LogP) is 3.79. The second-order valence-corrected chi connectivity index (χ2v) is 7.14. The molecular formula is C19H25N3. The number of aromatic nitrogens is 2. The van der Waals surface area contributed by atoms with Crippen LogP contribution in [0.1, 0.15) is 38.2 Å². The Balaban J connectivity index is 1.35. The fraction of sp³-hybridized carbons (Fsp3) is 0.526. The average molecular weight is 295 g/mol. The molecule has 0 spiro atoms. The highest BCUT2D eigenvalue weighted by Gasteiger charge is 2.41. The number of hydrogen-bond acceptors (Lipinski definition) is 2. The van der Waals surface area contributed by atoms with Crippen LogP contribution in [-0.4, -0.2) is 15.8 Å². The maximum absolute atomic E-state index is 4.48. The van der Waals surface area contributed by atoms with Gasteiger partial charge in [-0.05, 0) is 56.1 Å². The maximum Gasteiger partial charge on any atom is 0.0645 e. The molecule has 2 aliphatic carbocycles. The van der Waals surface area contributed by atoms with E-state index in [1.54, 1.807) is 0 Å². The maximum atomic E-state index is 4.48. The zero-order valence-electron chi connectivity index (χ0n) is 13.3. The van der Waals surface area contributed by atoms with Crippen LogP contribution in [0.5, 0.6) is 0 Å². The molecule has 22 heavy (non-hydrogen) atoms. The van der Waals surface area contributed by atoms with Crippen LogP contribution in [0.25, 0.3) is 5.69 Å². The summed E-state index contributed by atoms with van der Waals surface area (Å²) in [7, 11) is 0. The van der Waals surface area contributed by atoms with Gasteiger partial charge in [-0.15, -0.1) is 0 Å². The highest BCUT2D eigenvalue weighted by atomic mass is 15.3. The lowest BCUT2D eigenvalue weighted by molar-refractivity contribution is 0.259. The van der Waals surface area contributed by atoms with Crippen molar-refractivity contribution in [3.63, 3.8) is 0 Å². The normalized spacial score (nSPS) is 28.1. The van der Waals surface area contributed by atoms with Crippen molar-refractivity contribution < 1.29 is 0 Å². The van der Waals surface area contributed by atoms with Gasteiger partial charge in [-0.25, -0.2) is 4.68 Å². The SMILES string of the molecule is CC(NCc1cnn(-c2ccccc2)c1)C1CC2CCC1C2. The lowest BCUT2D eigenvalue weighted by Gasteiger charge is -2.28. The third-order valence-corrected chi connectivity index (χ3v) is 5.72. The van der Waals surface area contributed by atoms with Crippen molar-refractivity contribution in [2.75, 3.05) is 0 Å². The van der Waals surface area contributed by atoms with Crippen LogP contribution in [0.3, 0.4) is 0 Å². The molecule has 0 radical (unpaired) electrons. The van der Waals surface area contributed by atoms with Crippen molar-refractivity contribution in [3.8, 4) is 5.69 Å². The van der Waals surface area contributed by atoms with Crippen LogP contribution in [0, 0.1) is 17.8 Å². The molecule has 2 fully saturated rings. The van der Waals surface area contributed by atoms with E-state index in [1.165, 1.54) is 31.2 Å². The van der Waals surface area contributed by atoms with Crippen LogP contribution in [0.15, 0.2) is 42.7 Å². The molecule has 1 aromatic heterocycles. The number of fused-ring (bicyclic) bond motifs is 2. The Bertz CT molecular complexity index is 619. The first-order valence-electron chi connectivity index (χ1n) is 8.62. The van der Waals surface area contributed by atoms with Crippen LogP contribution in [0.2, 0.25) is 0 Å². The van der Waals surface area contributed by atoms with E-state index in [-0.39, 0.29) is 0 Å². The van der Waals surface area contributed by atoms with Gasteiger partial charge in [0.25, 0.3) is 0 Å². The Hall–Kier alpha value is -1.61. The fourth-order valence-corrected chi connectivity index (χ4v) is 4.51. The van der Waals surface area contributed by atoms with Gasteiger partial charge in [0.2, 0.25) is 0 Å². The van der Waals surface area contributed by atoms with E-state index < -0.39 is 0 Å². The predicted molar refractivity (Wildman–Crippen MR) is 88.8 cm³/mol. The number of benzene rings is 1. The Morgan fingerprint density at radius 1 is 1.23 bits per heavy atom. The van der Waals surface area contributed by atoms with Gasteiger partial charge < -0.3 is 5.32 Å². The van der Waals surface area contributed by atoms with Gasteiger partial charge >= 0.3 is 0 Å².